The maximum Gasteiger partial charge on any atom is 0.255 e. The highest BCUT2D eigenvalue weighted by Gasteiger charge is 2.23. The minimum atomic E-state index is 0.156. The van der Waals surface area contributed by atoms with E-state index in [9.17, 15) is 4.79 Å². The Morgan fingerprint density at radius 1 is 1.47 bits per heavy atom. The molecule has 2 nitrogen and oxygen atoms in total. The smallest absolute Gasteiger partial charge is 0.255 e. The van der Waals surface area contributed by atoms with Gasteiger partial charge in [-0.05, 0) is 59.3 Å². The van der Waals surface area contributed by atoms with E-state index >= 15 is 0 Å². The van der Waals surface area contributed by atoms with Crippen LogP contribution in [-0.4, -0.2) is 23.9 Å². The van der Waals surface area contributed by atoms with Crippen molar-refractivity contribution in [3.63, 3.8) is 0 Å². The number of nitrogens with zero attached hydrogens (tertiary/aromatic N) is 1. The molecule has 1 fully saturated rings. The Bertz CT molecular complexity index is 430. The Balaban J connectivity index is 2.18. The summed E-state index contributed by atoms with van der Waals surface area (Å²) in [5.74, 6) is 0.778. The molecule has 0 bridgehead atoms. The van der Waals surface area contributed by atoms with Crippen molar-refractivity contribution in [1.29, 1.82) is 0 Å². The van der Waals surface area contributed by atoms with E-state index < -0.39 is 0 Å². The molecule has 2 rings (SSSR count). The third-order valence-electron chi connectivity index (χ3n) is 3.30. The van der Waals surface area contributed by atoms with E-state index in [1.54, 1.807) is 0 Å². The van der Waals surface area contributed by atoms with Crippen molar-refractivity contribution in [2.24, 2.45) is 5.92 Å². The van der Waals surface area contributed by atoms with Crippen LogP contribution in [0.5, 0.6) is 0 Å². The Morgan fingerprint density at radius 3 is 2.88 bits per heavy atom. The largest absolute Gasteiger partial charge is 0.338 e. The lowest BCUT2D eigenvalue weighted by atomic mass is 9.99. The van der Waals surface area contributed by atoms with Gasteiger partial charge in [-0.25, -0.2) is 0 Å². The molecule has 0 N–H and O–H groups in total. The molecule has 1 atom stereocenters. The monoisotopic (exact) mass is 295 g/mol. The van der Waals surface area contributed by atoms with Gasteiger partial charge in [0.15, 0.2) is 0 Å². The molecule has 1 aliphatic rings. The number of rotatable bonds is 1. The van der Waals surface area contributed by atoms with E-state index in [1.165, 1.54) is 12.0 Å². The number of aryl methyl sites for hydroxylation is 1. The fourth-order valence-corrected chi connectivity index (χ4v) is 3.00. The zero-order valence-electron chi connectivity index (χ0n) is 10.4. The number of piperidine rings is 1. The summed E-state index contributed by atoms with van der Waals surface area (Å²) in [7, 11) is 0. The number of likely N-dealkylation sites (tertiary alicyclic amines) is 1. The van der Waals surface area contributed by atoms with Gasteiger partial charge in [0.1, 0.15) is 0 Å². The topological polar surface area (TPSA) is 20.3 Å². The SMILES string of the molecule is Cc1ccc(C(=O)N2CCCC(C)C2)c(Br)c1. The summed E-state index contributed by atoms with van der Waals surface area (Å²) in [5, 5.41) is 0. The van der Waals surface area contributed by atoms with Gasteiger partial charge in [0.2, 0.25) is 0 Å². The van der Waals surface area contributed by atoms with Gasteiger partial charge < -0.3 is 4.90 Å². The molecule has 0 spiro atoms. The van der Waals surface area contributed by atoms with Gasteiger partial charge >= 0.3 is 0 Å². The highest BCUT2D eigenvalue weighted by molar-refractivity contribution is 9.10. The second-order valence-corrected chi connectivity index (χ2v) is 5.84. The van der Waals surface area contributed by atoms with Gasteiger partial charge in [0, 0.05) is 17.6 Å². The van der Waals surface area contributed by atoms with Crippen LogP contribution in [0.2, 0.25) is 0 Å². The van der Waals surface area contributed by atoms with Crippen LogP contribution in [0.25, 0.3) is 0 Å². The number of hydrogen-bond acceptors (Lipinski definition) is 1. The summed E-state index contributed by atoms with van der Waals surface area (Å²) in [4.78, 5) is 14.3. The first-order chi connectivity index (χ1) is 8.08. The Hall–Kier alpha value is -0.830. The third-order valence-corrected chi connectivity index (χ3v) is 3.96. The fraction of sp³-hybridized carbons (Fsp3) is 0.500. The van der Waals surface area contributed by atoms with Crippen LogP contribution >= 0.6 is 15.9 Å². The molecular weight excluding hydrogens is 278 g/mol. The van der Waals surface area contributed by atoms with E-state index in [0.717, 1.165) is 29.5 Å². The molecule has 17 heavy (non-hydrogen) atoms. The first-order valence-corrected chi connectivity index (χ1v) is 6.92. The lowest BCUT2D eigenvalue weighted by Crippen LogP contribution is -2.39. The molecule has 0 aromatic heterocycles. The molecule has 1 aliphatic heterocycles. The van der Waals surface area contributed by atoms with Crippen molar-refractivity contribution in [1.82, 2.24) is 4.90 Å². The third kappa shape index (κ3) is 2.89. The van der Waals surface area contributed by atoms with Crippen LogP contribution in [0.1, 0.15) is 35.7 Å². The van der Waals surface area contributed by atoms with Crippen molar-refractivity contribution in [2.75, 3.05) is 13.1 Å². The Labute approximate surface area is 111 Å². The number of carbonyl (C=O) groups is 1. The quantitative estimate of drug-likeness (QED) is 0.775. The van der Waals surface area contributed by atoms with Crippen molar-refractivity contribution in [2.45, 2.75) is 26.7 Å². The predicted molar refractivity (Wildman–Crippen MR) is 73.2 cm³/mol. The van der Waals surface area contributed by atoms with E-state index in [1.807, 2.05) is 30.0 Å². The van der Waals surface area contributed by atoms with Crippen molar-refractivity contribution in [3.8, 4) is 0 Å². The summed E-state index contributed by atoms with van der Waals surface area (Å²) in [6.45, 7) is 6.02. The maximum absolute atomic E-state index is 12.4. The van der Waals surface area contributed by atoms with Crippen LogP contribution in [0.15, 0.2) is 22.7 Å². The lowest BCUT2D eigenvalue weighted by Gasteiger charge is -2.31. The van der Waals surface area contributed by atoms with E-state index in [2.05, 4.69) is 22.9 Å². The molecule has 1 aromatic carbocycles. The van der Waals surface area contributed by atoms with Crippen molar-refractivity contribution >= 4 is 21.8 Å². The molecule has 3 heteroatoms. The van der Waals surface area contributed by atoms with Crippen LogP contribution in [0.4, 0.5) is 0 Å². The maximum atomic E-state index is 12.4. The lowest BCUT2D eigenvalue weighted by molar-refractivity contribution is 0.0682. The van der Waals surface area contributed by atoms with Crippen LogP contribution < -0.4 is 0 Å². The van der Waals surface area contributed by atoms with Crippen LogP contribution in [0.3, 0.4) is 0 Å². The first-order valence-electron chi connectivity index (χ1n) is 6.13. The Morgan fingerprint density at radius 2 is 2.24 bits per heavy atom. The first kappa shape index (κ1) is 12.6. The van der Waals surface area contributed by atoms with Gasteiger partial charge in [0.25, 0.3) is 5.91 Å². The number of amides is 1. The minimum Gasteiger partial charge on any atom is -0.338 e. The summed E-state index contributed by atoms with van der Waals surface area (Å²) in [5.41, 5.74) is 1.95. The Kier molecular flexibility index (Phi) is 3.87. The molecule has 1 saturated heterocycles. The molecule has 92 valence electrons. The van der Waals surface area contributed by atoms with Crippen molar-refractivity contribution in [3.05, 3.63) is 33.8 Å². The summed E-state index contributed by atoms with van der Waals surface area (Å²) >= 11 is 3.48. The van der Waals surface area contributed by atoms with Crippen molar-refractivity contribution < 1.29 is 4.79 Å². The van der Waals surface area contributed by atoms with Gasteiger partial charge in [-0.1, -0.05) is 13.0 Å². The summed E-state index contributed by atoms with van der Waals surface area (Å²) in [6, 6.07) is 5.91. The molecular formula is C14H18BrNO. The van der Waals surface area contributed by atoms with Gasteiger partial charge in [-0.3, -0.25) is 4.79 Å². The number of carbonyl (C=O) groups excluding carboxylic acids is 1. The number of benzene rings is 1. The molecule has 1 aromatic rings. The van der Waals surface area contributed by atoms with Gasteiger partial charge in [-0.2, -0.15) is 0 Å². The van der Waals surface area contributed by atoms with Gasteiger partial charge in [0.05, 0.1) is 5.56 Å². The van der Waals surface area contributed by atoms with Crippen LogP contribution in [-0.2, 0) is 0 Å². The molecule has 1 unspecified atom stereocenters. The molecule has 1 amide bonds. The second-order valence-electron chi connectivity index (χ2n) is 4.98. The zero-order chi connectivity index (χ0) is 12.4. The second kappa shape index (κ2) is 5.21. The highest BCUT2D eigenvalue weighted by Crippen LogP contribution is 2.23. The average Bonchev–Trinajstić information content (AvgIpc) is 2.28. The minimum absolute atomic E-state index is 0.156. The molecule has 1 heterocycles. The van der Waals surface area contributed by atoms with Crippen LogP contribution in [0, 0.1) is 12.8 Å². The number of halogens is 1. The van der Waals surface area contributed by atoms with E-state index in [-0.39, 0.29) is 5.91 Å². The molecule has 0 radical (unpaired) electrons. The fourth-order valence-electron chi connectivity index (χ4n) is 2.34. The summed E-state index contributed by atoms with van der Waals surface area (Å²) in [6.07, 6.45) is 2.36. The summed E-state index contributed by atoms with van der Waals surface area (Å²) < 4.78 is 0.903. The highest BCUT2D eigenvalue weighted by atomic mass is 79.9. The predicted octanol–water partition coefficient (Wildman–Crippen LogP) is 3.63. The standard InChI is InChI=1S/C14H18BrNO/c1-10-5-6-12(13(15)8-10)14(17)16-7-3-4-11(2)9-16/h5-6,8,11H,3-4,7,9H2,1-2H3. The zero-order valence-corrected chi connectivity index (χ0v) is 12.0. The molecule has 0 saturated carbocycles. The van der Waals surface area contributed by atoms with E-state index in [0.29, 0.717) is 5.92 Å². The molecule has 0 aliphatic carbocycles. The van der Waals surface area contributed by atoms with Gasteiger partial charge in [-0.15, -0.1) is 0 Å². The number of hydrogen-bond donors (Lipinski definition) is 0. The normalized spacial score (nSPS) is 20.4. The average molecular weight is 296 g/mol. The van der Waals surface area contributed by atoms with E-state index in [4.69, 9.17) is 0 Å².